The zero-order valence-corrected chi connectivity index (χ0v) is 16.9. The fraction of sp³-hybridized carbons (Fsp3) is 0.273. The van der Waals surface area contributed by atoms with Crippen LogP contribution in [0, 0.1) is 0 Å². The highest BCUT2D eigenvalue weighted by molar-refractivity contribution is 5.90. The summed E-state index contributed by atoms with van der Waals surface area (Å²) in [6, 6.07) is 16.0. The zero-order chi connectivity index (χ0) is 22.5. The Morgan fingerprint density at radius 1 is 0.968 bits per heavy atom. The summed E-state index contributed by atoms with van der Waals surface area (Å²) in [6.45, 7) is 0.398. The van der Waals surface area contributed by atoms with Gasteiger partial charge in [0.25, 0.3) is 0 Å². The molecule has 0 bridgehead atoms. The van der Waals surface area contributed by atoms with Gasteiger partial charge in [0.2, 0.25) is 0 Å². The standard InChI is InChI=1S/C22H25N3O6/c23-19(20(26)27)13-7-8-15-25(31-22(29)18-11-5-2-6-12-18)16-14-24-30-21(28)17-9-3-1-4-10-17/h1-6,9-12,14,19H,7-8,13,15-16,23H2,(H,26,27)/t19-/m0/s1. The Labute approximate surface area is 180 Å². The Morgan fingerprint density at radius 3 is 2.13 bits per heavy atom. The topological polar surface area (TPSA) is 132 Å². The molecular weight excluding hydrogens is 402 g/mol. The first kappa shape index (κ1) is 23.7. The molecule has 0 saturated heterocycles. The second-order valence-corrected chi connectivity index (χ2v) is 6.61. The van der Waals surface area contributed by atoms with Gasteiger partial charge in [-0.15, -0.1) is 5.06 Å². The summed E-state index contributed by atoms with van der Waals surface area (Å²) in [6.07, 6.45) is 2.69. The van der Waals surface area contributed by atoms with Crippen molar-refractivity contribution >= 4 is 24.1 Å². The molecule has 0 saturated carbocycles. The van der Waals surface area contributed by atoms with Crippen molar-refractivity contribution in [2.24, 2.45) is 10.9 Å². The van der Waals surface area contributed by atoms with E-state index in [1.807, 2.05) is 0 Å². The molecule has 0 aliphatic carbocycles. The number of unbranched alkanes of at least 4 members (excludes halogenated alkanes) is 1. The number of carbonyl (C=O) groups is 3. The van der Waals surface area contributed by atoms with Crippen LogP contribution in [0.2, 0.25) is 0 Å². The maximum Gasteiger partial charge on any atom is 0.365 e. The minimum atomic E-state index is -1.06. The minimum Gasteiger partial charge on any atom is -0.480 e. The molecule has 0 aliphatic rings. The van der Waals surface area contributed by atoms with Crippen LogP contribution in [0.15, 0.2) is 65.8 Å². The molecule has 164 valence electrons. The monoisotopic (exact) mass is 427 g/mol. The summed E-state index contributed by atoms with van der Waals surface area (Å²) in [5, 5.41) is 13.8. The van der Waals surface area contributed by atoms with Crippen LogP contribution in [0.5, 0.6) is 0 Å². The molecule has 31 heavy (non-hydrogen) atoms. The van der Waals surface area contributed by atoms with E-state index >= 15 is 0 Å². The summed E-state index contributed by atoms with van der Waals surface area (Å²) >= 11 is 0. The minimum absolute atomic E-state index is 0.0750. The molecule has 0 unspecified atom stereocenters. The van der Waals surface area contributed by atoms with Crippen molar-refractivity contribution in [3.63, 3.8) is 0 Å². The Kier molecular flexibility index (Phi) is 9.86. The number of hydroxylamine groups is 2. The number of aliphatic carboxylic acids is 1. The normalized spacial score (nSPS) is 11.9. The van der Waals surface area contributed by atoms with E-state index in [0.717, 1.165) is 0 Å². The van der Waals surface area contributed by atoms with E-state index in [2.05, 4.69) is 5.16 Å². The van der Waals surface area contributed by atoms with Gasteiger partial charge in [-0.25, -0.2) is 9.59 Å². The second kappa shape index (κ2) is 12.9. The van der Waals surface area contributed by atoms with Crippen molar-refractivity contribution in [3.05, 3.63) is 71.8 Å². The van der Waals surface area contributed by atoms with E-state index in [-0.39, 0.29) is 6.54 Å². The average Bonchev–Trinajstić information content (AvgIpc) is 2.79. The van der Waals surface area contributed by atoms with Crippen LogP contribution in [0.3, 0.4) is 0 Å². The first-order chi connectivity index (χ1) is 15.0. The van der Waals surface area contributed by atoms with E-state index in [1.54, 1.807) is 60.7 Å². The number of rotatable bonds is 12. The lowest BCUT2D eigenvalue weighted by molar-refractivity contribution is -0.138. The Hall–Kier alpha value is -3.56. The molecule has 0 heterocycles. The first-order valence-electron chi connectivity index (χ1n) is 9.76. The number of benzene rings is 2. The maximum absolute atomic E-state index is 12.3. The molecule has 0 spiro atoms. The van der Waals surface area contributed by atoms with Gasteiger partial charge < -0.3 is 20.5 Å². The molecule has 0 aromatic heterocycles. The number of hydrogen-bond acceptors (Lipinski definition) is 8. The molecule has 2 aromatic rings. The molecule has 0 fully saturated rings. The van der Waals surface area contributed by atoms with Crippen molar-refractivity contribution in [1.82, 2.24) is 5.06 Å². The van der Waals surface area contributed by atoms with Gasteiger partial charge in [-0.05, 0) is 43.5 Å². The summed E-state index contributed by atoms with van der Waals surface area (Å²) in [5.74, 6) is -2.20. The molecule has 0 radical (unpaired) electrons. The van der Waals surface area contributed by atoms with Gasteiger partial charge in [-0.3, -0.25) is 4.79 Å². The van der Waals surface area contributed by atoms with Crippen LogP contribution in [0.25, 0.3) is 0 Å². The Morgan fingerprint density at radius 2 is 1.55 bits per heavy atom. The van der Waals surface area contributed by atoms with Crippen molar-refractivity contribution in [3.8, 4) is 0 Å². The lowest BCUT2D eigenvalue weighted by Gasteiger charge is -2.19. The number of carbonyl (C=O) groups excluding carboxylic acids is 2. The van der Waals surface area contributed by atoms with Gasteiger partial charge in [-0.2, -0.15) is 0 Å². The van der Waals surface area contributed by atoms with Crippen molar-refractivity contribution in [2.45, 2.75) is 25.3 Å². The van der Waals surface area contributed by atoms with Gasteiger partial charge in [0, 0.05) is 6.54 Å². The Balaban J connectivity index is 1.88. The lowest BCUT2D eigenvalue weighted by Crippen LogP contribution is -2.32. The highest BCUT2D eigenvalue weighted by Crippen LogP contribution is 2.07. The van der Waals surface area contributed by atoms with Gasteiger partial charge in [0.1, 0.15) is 6.04 Å². The van der Waals surface area contributed by atoms with Gasteiger partial charge in [0.05, 0.1) is 23.9 Å². The highest BCUT2D eigenvalue weighted by Gasteiger charge is 2.15. The molecule has 0 aliphatic heterocycles. The van der Waals surface area contributed by atoms with E-state index < -0.39 is 23.9 Å². The fourth-order valence-electron chi connectivity index (χ4n) is 2.53. The summed E-state index contributed by atoms with van der Waals surface area (Å²) in [4.78, 5) is 45.2. The number of hydrogen-bond donors (Lipinski definition) is 2. The first-order valence-corrected chi connectivity index (χ1v) is 9.76. The molecular formula is C22H25N3O6. The molecule has 1 atom stereocenters. The fourth-order valence-corrected chi connectivity index (χ4v) is 2.53. The van der Waals surface area contributed by atoms with Gasteiger partial charge >= 0.3 is 17.9 Å². The van der Waals surface area contributed by atoms with Gasteiger partial charge in [-0.1, -0.05) is 41.6 Å². The third-order valence-corrected chi connectivity index (χ3v) is 4.22. The van der Waals surface area contributed by atoms with Crippen molar-refractivity contribution < 1.29 is 29.2 Å². The van der Waals surface area contributed by atoms with Crippen LogP contribution in [-0.2, 0) is 14.5 Å². The largest absolute Gasteiger partial charge is 0.480 e. The molecule has 2 rings (SSSR count). The maximum atomic E-state index is 12.3. The van der Waals surface area contributed by atoms with Crippen LogP contribution in [0.1, 0.15) is 40.0 Å². The average molecular weight is 427 g/mol. The van der Waals surface area contributed by atoms with E-state index in [4.69, 9.17) is 20.5 Å². The van der Waals surface area contributed by atoms with E-state index in [9.17, 15) is 14.4 Å². The SMILES string of the molecule is N[C@@H](CCCCN(CC=NOC(=O)c1ccccc1)OC(=O)c1ccccc1)C(=O)O. The van der Waals surface area contributed by atoms with Crippen LogP contribution in [-0.4, -0.2) is 53.4 Å². The number of carboxylic acids is 1. The van der Waals surface area contributed by atoms with E-state index in [0.29, 0.717) is 36.9 Å². The number of nitrogens with two attached hydrogens (primary N) is 1. The number of nitrogens with zero attached hydrogens (tertiary/aromatic N) is 2. The Bertz CT molecular complexity index is 873. The summed E-state index contributed by atoms with van der Waals surface area (Å²) in [5.41, 5.74) is 6.24. The van der Waals surface area contributed by atoms with Crippen molar-refractivity contribution in [2.75, 3.05) is 13.1 Å². The third kappa shape index (κ3) is 8.77. The molecule has 0 amide bonds. The van der Waals surface area contributed by atoms with Crippen LogP contribution < -0.4 is 5.73 Å². The molecule has 9 heteroatoms. The predicted molar refractivity (Wildman–Crippen MR) is 113 cm³/mol. The van der Waals surface area contributed by atoms with Crippen LogP contribution in [0.4, 0.5) is 0 Å². The highest BCUT2D eigenvalue weighted by atomic mass is 16.7. The number of carboxylic acid groups (broad SMARTS) is 1. The van der Waals surface area contributed by atoms with E-state index in [1.165, 1.54) is 11.3 Å². The summed E-state index contributed by atoms with van der Waals surface area (Å²) in [7, 11) is 0. The zero-order valence-electron chi connectivity index (χ0n) is 16.9. The second-order valence-electron chi connectivity index (χ2n) is 6.61. The molecule has 2 aromatic carbocycles. The lowest BCUT2D eigenvalue weighted by atomic mass is 10.1. The third-order valence-electron chi connectivity index (χ3n) is 4.22. The summed E-state index contributed by atoms with van der Waals surface area (Å²) < 4.78 is 0. The molecule has 9 nitrogen and oxygen atoms in total. The van der Waals surface area contributed by atoms with Gasteiger partial charge in [0.15, 0.2) is 0 Å². The van der Waals surface area contributed by atoms with Crippen molar-refractivity contribution in [1.29, 1.82) is 0 Å². The molecule has 3 N–H and O–H groups in total. The quantitative estimate of drug-likeness (QED) is 0.229. The predicted octanol–water partition coefficient (Wildman–Crippen LogP) is 2.49. The van der Waals surface area contributed by atoms with Crippen LogP contribution >= 0.6 is 0 Å². The smallest absolute Gasteiger partial charge is 0.365 e. The number of oxime groups is 1.